The van der Waals surface area contributed by atoms with E-state index in [-0.39, 0.29) is 11.7 Å². The lowest BCUT2D eigenvalue weighted by Crippen LogP contribution is -2.41. The number of unbranched alkanes of at least 4 members (excludes halogenated alkanes) is 1. The second-order valence-corrected chi connectivity index (χ2v) is 4.29. The third-order valence-corrected chi connectivity index (χ3v) is 2.94. The summed E-state index contributed by atoms with van der Waals surface area (Å²) in [4.78, 5) is 32.8. The van der Waals surface area contributed by atoms with Gasteiger partial charge >= 0.3 is 5.97 Å². The molecule has 0 bridgehead atoms. The highest BCUT2D eigenvalue weighted by atomic mass is 16.4. The lowest BCUT2D eigenvalue weighted by molar-refractivity contribution is -0.140. The molecule has 0 aromatic rings. The van der Waals surface area contributed by atoms with Gasteiger partial charge in [-0.25, -0.2) is 0 Å². The molecule has 4 N–H and O–H groups in total. The monoisotopic (exact) mass is 242 g/mol. The summed E-state index contributed by atoms with van der Waals surface area (Å²) >= 11 is 0. The number of nitrogens with one attached hydrogen (secondary N) is 1. The van der Waals surface area contributed by atoms with Gasteiger partial charge in [-0.05, 0) is 25.7 Å². The van der Waals surface area contributed by atoms with Gasteiger partial charge in [-0.3, -0.25) is 14.4 Å². The molecule has 6 nitrogen and oxygen atoms in total. The summed E-state index contributed by atoms with van der Waals surface area (Å²) in [5.41, 5.74) is 5.32. The van der Waals surface area contributed by atoms with Crippen LogP contribution in [0, 0.1) is 5.92 Å². The van der Waals surface area contributed by atoms with Crippen LogP contribution < -0.4 is 11.1 Å². The van der Waals surface area contributed by atoms with Crippen molar-refractivity contribution in [3.05, 3.63) is 0 Å². The van der Waals surface area contributed by atoms with Crippen LogP contribution in [-0.4, -0.2) is 35.4 Å². The number of rotatable bonds is 7. The molecule has 0 radical (unpaired) electrons. The van der Waals surface area contributed by atoms with E-state index in [0.717, 1.165) is 0 Å². The molecule has 17 heavy (non-hydrogen) atoms. The Morgan fingerprint density at radius 2 is 2.18 bits per heavy atom. The van der Waals surface area contributed by atoms with Gasteiger partial charge in [0.25, 0.3) is 0 Å². The zero-order chi connectivity index (χ0) is 12.8. The first-order valence-electron chi connectivity index (χ1n) is 5.81. The Bertz CT molecular complexity index is 317. The largest absolute Gasteiger partial charge is 0.480 e. The average Bonchev–Trinajstić information content (AvgIpc) is 2.26. The summed E-state index contributed by atoms with van der Waals surface area (Å²) in [6, 6.07) is -0.834. The SMILES string of the molecule is N[C@@H](CCCCNC(=O)[C@H]1CCC1=O)C(=O)O. The van der Waals surface area contributed by atoms with Gasteiger partial charge in [-0.2, -0.15) is 0 Å². The normalized spacial score (nSPS) is 20.5. The molecular weight excluding hydrogens is 224 g/mol. The Morgan fingerprint density at radius 3 is 2.65 bits per heavy atom. The Balaban J connectivity index is 2.02. The van der Waals surface area contributed by atoms with Gasteiger partial charge < -0.3 is 16.2 Å². The number of amides is 1. The maximum Gasteiger partial charge on any atom is 0.320 e. The van der Waals surface area contributed by atoms with E-state index in [0.29, 0.717) is 38.6 Å². The molecule has 96 valence electrons. The number of carbonyl (C=O) groups is 3. The fraction of sp³-hybridized carbons (Fsp3) is 0.727. The Kier molecular flexibility index (Phi) is 5.09. The van der Waals surface area contributed by atoms with E-state index in [2.05, 4.69) is 5.32 Å². The van der Waals surface area contributed by atoms with Crippen molar-refractivity contribution in [3.63, 3.8) is 0 Å². The van der Waals surface area contributed by atoms with Gasteiger partial charge in [0.2, 0.25) is 5.91 Å². The van der Waals surface area contributed by atoms with Crippen LogP contribution in [0.5, 0.6) is 0 Å². The maximum atomic E-state index is 11.4. The first-order valence-corrected chi connectivity index (χ1v) is 5.81. The van der Waals surface area contributed by atoms with Crippen LogP contribution in [0.15, 0.2) is 0 Å². The number of carboxylic acids is 1. The van der Waals surface area contributed by atoms with E-state index in [1.165, 1.54) is 0 Å². The number of hydrogen-bond donors (Lipinski definition) is 3. The number of Topliss-reactive ketones (excluding diaryl/α,β-unsaturated/α-hetero) is 1. The van der Waals surface area contributed by atoms with Crippen molar-refractivity contribution in [1.29, 1.82) is 0 Å². The molecule has 6 heteroatoms. The van der Waals surface area contributed by atoms with Crippen molar-refractivity contribution >= 4 is 17.7 Å². The lowest BCUT2D eigenvalue weighted by Gasteiger charge is -2.22. The minimum Gasteiger partial charge on any atom is -0.480 e. The molecule has 0 spiro atoms. The summed E-state index contributed by atoms with van der Waals surface area (Å²) < 4.78 is 0. The minimum atomic E-state index is -1.01. The van der Waals surface area contributed by atoms with Gasteiger partial charge in [-0.15, -0.1) is 0 Å². The van der Waals surface area contributed by atoms with Crippen LogP contribution in [-0.2, 0) is 14.4 Å². The third kappa shape index (κ3) is 4.14. The second kappa shape index (κ2) is 6.34. The molecule has 0 aromatic carbocycles. The quantitative estimate of drug-likeness (QED) is 0.418. The number of hydrogen-bond acceptors (Lipinski definition) is 4. The minimum absolute atomic E-state index is 0.00963. The van der Waals surface area contributed by atoms with Crippen LogP contribution in [0.1, 0.15) is 32.1 Å². The molecule has 0 saturated heterocycles. The van der Waals surface area contributed by atoms with Gasteiger partial charge in [0.15, 0.2) is 0 Å². The molecule has 0 heterocycles. The number of aliphatic carboxylic acids is 1. The maximum absolute atomic E-state index is 11.4. The number of carboxylic acid groups (broad SMARTS) is 1. The highest BCUT2D eigenvalue weighted by molar-refractivity contribution is 6.05. The summed E-state index contributed by atoms with van der Waals surface area (Å²) in [6.45, 7) is 0.467. The molecule has 1 amide bonds. The van der Waals surface area contributed by atoms with Crippen LogP contribution in [0.3, 0.4) is 0 Å². The average molecular weight is 242 g/mol. The van der Waals surface area contributed by atoms with Crippen molar-refractivity contribution in [2.24, 2.45) is 11.7 Å². The Hall–Kier alpha value is -1.43. The molecule has 1 saturated carbocycles. The van der Waals surface area contributed by atoms with E-state index in [9.17, 15) is 14.4 Å². The van der Waals surface area contributed by atoms with Gasteiger partial charge in [0, 0.05) is 13.0 Å². The molecule has 1 aliphatic rings. The summed E-state index contributed by atoms with van der Waals surface area (Å²) in [6.07, 6.45) is 2.87. The van der Waals surface area contributed by atoms with Crippen molar-refractivity contribution in [3.8, 4) is 0 Å². The lowest BCUT2D eigenvalue weighted by atomic mass is 9.83. The highest BCUT2D eigenvalue weighted by Gasteiger charge is 2.34. The first-order chi connectivity index (χ1) is 8.02. The smallest absolute Gasteiger partial charge is 0.320 e. The first kappa shape index (κ1) is 13.6. The number of nitrogens with two attached hydrogens (primary N) is 1. The van der Waals surface area contributed by atoms with Crippen molar-refractivity contribution in [1.82, 2.24) is 5.32 Å². The molecule has 1 aliphatic carbocycles. The second-order valence-electron chi connectivity index (χ2n) is 4.29. The molecule has 0 unspecified atom stereocenters. The fourth-order valence-electron chi connectivity index (χ4n) is 1.63. The molecule has 0 aromatic heterocycles. The van der Waals surface area contributed by atoms with E-state index in [4.69, 9.17) is 10.8 Å². The molecular formula is C11H18N2O4. The van der Waals surface area contributed by atoms with Gasteiger partial charge in [0.05, 0.1) is 5.92 Å². The predicted octanol–water partition coefficient (Wildman–Crippen LogP) is -0.336. The van der Waals surface area contributed by atoms with E-state index >= 15 is 0 Å². The van der Waals surface area contributed by atoms with E-state index < -0.39 is 17.9 Å². The third-order valence-electron chi connectivity index (χ3n) is 2.94. The van der Waals surface area contributed by atoms with Crippen LogP contribution in [0.4, 0.5) is 0 Å². The molecule has 0 aliphatic heterocycles. The summed E-state index contributed by atoms with van der Waals surface area (Å²) in [5.74, 6) is -1.65. The van der Waals surface area contributed by atoms with Crippen molar-refractivity contribution in [2.45, 2.75) is 38.1 Å². The molecule has 1 fully saturated rings. The fourth-order valence-corrected chi connectivity index (χ4v) is 1.63. The standard InChI is InChI=1S/C11H18N2O4/c12-8(11(16)17)3-1-2-6-13-10(15)7-4-5-9(7)14/h7-8H,1-6,12H2,(H,13,15)(H,16,17)/t7-,8-/m0/s1. The highest BCUT2D eigenvalue weighted by Crippen LogP contribution is 2.21. The van der Waals surface area contributed by atoms with Crippen molar-refractivity contribution < 1.29 is 19.5 Å². The number of ketones is 1. The number of carbonyl (C=O) groups excluding carboxylic acids is 2. The molecule has 1 rings (SSSR count). The zero-order valence-electron chi connectivity index (χ0n) is 9.65. The topological polar surface area (TPSA) is 109 Å². The van der Waals surface area contributed by atoms with Crippen molar-refractivity contribution in [2.75, 3.05) is 6.54 Å². The Labute approximate surface area is 99.6 Å². The van der Waals surface area contributed by atoms with Gasteiger partial charge in [0.1, 0.15) is 11.8 Å². The summed E-state index contributed by atoms with van der Waals surface area (Å²) in [7, 11) is 0. The zero-order valence-corrected chi connectivity index (χ0v) is 9.65. The predicted molar refractivity (Wildman–Crippen MR) is 60.2 cm³/mol. The molecule has 2 atom stereocenters. The van der Waals surface area contributed by atoms with Crippen LogP contribution in [0.2, 0.25) is 0 Å². The van der Waals surface area contributed by atoms with E-state index in [1.807, 2.05) is 0 Å². The van der Waals surface area contributed by atoms with Crippen LogP contribution >= 0.6 is 0 Å². The Morgan fingerprint density at radius 1 is 1.47 bits per heavy atom. The van der Waals surface area contributed by atoms with Crippen LogP contribution in [0.25, 0.3) is 0 Å². The van der Waals surface area contributed by atoms with Gasteiger partial charge in [-0.1, -0.05) is 0 Å². The van der Waals surface area contributed by atoms with E-state index in [1.54, 1.807) is 0 Å². The summed E-state index contributed by atoms with van der Waals surface area (Å²) in [5, 5.41) is 11.2.